The molecule has 0 aromatic heterocycles. The van der Waals surface area contributed by atoms with Crippen molar-refractivity contribution in [3.8, 4) is 5.75 Å². The number of ether oxygens (including phenoxy) is 3. The Morgan fingerprint density at radius 3 is 2.48 bits per heavy atom. The second kappa shape index (κ2) is 10.2. The second-order valence-corrected chi connectivity index (χ2v) is 9.65. The molecule has 1 aromatic carbocycles. The van der Waals surface area contributed by atoms with Gasteiger partial charge in [0, 0.05) is 17.9 Å². The molecule has 2 aliphatic heterocycles. The number of hydrogen-bond acceptors (Lipinski definition) is 8. The summed E-state index contributed by atoms with van der Waals surface area (Å²) in [5.74, 6) is 0.750. The fourth-order valence-electron chi connectivity index (χ4n) is 5.05. The first-order valence-corrected chi connectivity index (χ1v) is 11.8. The SMILES string of the molecule is CC(C)C(=O)N[C@@H]1C[C@H](c2ccc(O[C@H]3O[C@@H](CO)[C@H](O)[C@@H](O)[C@@H]3O)cc2)O[C@@H]2CCC[C@@H]12. The van der Waals surface area contributed by atoms with Crippen LogP contribution in [0.25, 0.3) is 0 Å². The van der Waals surface area contributed by atoms with Crippen molar-refractivity contribution in [1.29, 1.82) is 0 Å². The van der Waals surface area contributed by atoms with E-state index in [2.05, 4.69) is 5.32 Å². The third-order valence-corrected chi connectivity index (χ3v) is 7.03. The number of nitrogens with one attached hydrogen (secondary N) is 1. The van der Waals surface area contributed by atoms with E-state index in [4.69, 9.17) is 14.2 Å². The number of carbonyl (C=O) groups is 1. The van der Waals surface area contributed by atoms with E-state index in [0.29, 0.717) is 18.1 Å². The lowest BCUT2D eigenvalue weighted by molar-refractivity contribution is -0.277. The van der Waals surface area contributed by atoms with E-state index in [9.17, 15) is 25.2 Å². The van der Waals surface area contributed by atoms with E-state index in [1.165, 1.54) is 0 Å². The Hall–Kier alpha value is -1.75. The van der Waals surface area contributed by atoms with Crippen molar-refractivity contribution in [2.45, 2.75) is 88.5 Å². The molecule has 1 aromatic rings. The predicted octanol–water partition coefficient (Wildman–Crippen LogP) is 0.636. The topological polar surface area (TPSA) is 138 Å². The van der Waals surface area contributed by atoms with Crippen molar-refractivity contribution in [3.05, 3.63) is 29.8 Å². The Balaban J connectivity index is 1.42. The molecule has 184 valence electrons. The highest BCUT2D eigenvalue weighted by Crippen LogP contribution is 2.43. The van der Waals surface area contributed by atoms with Gasteiger partial charge in [0.1, 0.15) is 30.2 Å². The van der Waals surface area contributed by atoms with Crippen LogP contribution in [0.15, 0.2) is 24.3 Å². The summed E-state index contributed by atoms with van der Waals surface area (Å²) in [4.78, 5) is 12.3. The van der Waals surface area contributed by atoms with Gasteiger partial charge in [-0.05, 0) is 37.0 Å². The lowest BCUT2D eigenvalue weighted by Crippen LogP contribution is -2.60. The quantitative estimate of drug-likeness (QED) is 0.413. The zero-order chi connectivity index (χ0) is 23.7. The van der Waals surface area contributed by atoms with Gasteiger partial charge < -0.3 is 40.0 Å². The van der Waals surface area contributed by atoms with Crippen LogP contribution >= 0.6 is 0 Å². The number of carbonyl (C=O) groups excluding carboxylic acids is 1. The molecule has 5 N–H and O–H groups in total. The zero-order valence-electron chi connectivity index (χ0n) is 19.0. The maximum Gasteiger partial charge on any atom is 0.229 e. The van der Waals surface area contributed by atoms with Crippen LogP contribution in [0.4, 0.5) is 0 Å². The number of amides is 1. The average molecular weight is 466 g/mol. The van der Waals surface area contributed by atoms with E-state index in [1.54, 1.807) is 12.1 Å². The number of fused-ring (bicyclic) bond motifs is 1. The molecule has 0 spiro atoms. The van der Waals surface area contributed by atoms with Crippen LogP contribution in [0.1, 0.15) is 51.2 Å². The summed E-state index contributed by atoms with van der Waals surface area (Å²) in [6, 6.07) is 7.28. The van der Waals surface area contributed by atoms with E-state index in [-0.39, 0.29) is 30.1 Å². The minimum absolute atomic E-state index is 0.0644. The largest absolute Gasteiger partial charge is 0.462 e. The molecule has 1 aliphatic carbocycles. The van der Waals surface area contributed by atoms with Crippen molar-refractivity contribution in [2.75, 3.05) is 6.61 Å². The Kier molecular flexibility index (Phi) is 7.57. The molecule has 3 aliphatic rings. The van der Waals surface area contributed by atoms with Gasteiger partial charge in [-0.3, -0.25) is 4.79 Å². The van der Waals surface area contributed by atoms with Gasteiger partial charge in [0.25, 0.3) is 0 Å². The third kappa shape index (κ3) is 5.18. The fraction of sp³-hybridized carbons (Fsp3) is 0.708. The highest BCUT2D eigenvalue weighted by atomic mass is 16.7. The number of rotatable bonds is 6. The van der Waals surface area contributed by atoms with Gasteiger partial charge >= 0.3 is 0 Å². The predicted molar refractivity (Wildman–Crippen MR) is 117 cm³/mol. The van der Waals surface area contributed by atoms with Crippen molar-refractivity contribution in [1.82, 2.24) is 5.32 Å². The van der Waals surface area contributed by atoms with Crippen LogP contribution in [0.3, 0.4) is 0 Å². The Morgan fingerprint density at radius 1 is 1.09 bits per heavy atom. The summed E-state index contributed by atoms with van der Waals surface area (Å²) < 4.78 is 17.5. The van der Waals surface area contributed by atoms with E-state index < -0.39 is 37.3 Å². The van der Waals surface area contributed by atoms with Crippen molar-refractivity contribution in [2.24, 2.45) is 11.8 Å². The molecule has 2 heterocycles. The molecule has 33 heavy (non-hydrogen) atoms. The number of aliphatic hydroxyl groups is 4. The Labute approximate surface area is 193 Å². The minimum atomic E-state index is -1.49. The molecule has 1 saturated carbocycles. The van der Waals surface area contributed by atoms with E-state index >= 15 is 0 Å². The number of benzene rings is 1. The molecule has 3 fully saturated rings. The van der Waals surface area contributed by atoms with Gasteiger partial charge in [-0.1, -0.05) is 32.4 Å². The van der Waals surface area contributed by atoms with Crippen LogP contribution in [0, 0.1) is 11.8 Å². The fourth-order valence-corrected chi connectivity index (χ4v) is 5.05. The first kappa shape index (κ1) is 24.4. The van der Waals surface area contributed by atoms with E-state index in [1.807, 2.05) is 26.0 Å². The van der Waals surface area contributed by atoms with Gasteiger partial charge in [0.05, 0.1) is 18.8 Å². The van der Waals surface area contributed by atoms with Crippen molar-refractivity contribution >= 4 is 5.91 Å². The summed E-state index contributed by atoms with van der Waals surface area (Å²) in [5.41, 5.74) is 0.963. The van der Waals surface area contributed by atoms with Crippen LogP contribution in [0.2, 0.25) is 0 Å². The monoisotopic (exact) mass is 465 g/mol. The Morgan fingerprint density at radius 2 is 1.82 bits per heavy atom. The molecule has 1 amide bonds. The molecule has 2 saturated heterocycles. The van der Waals surface area contributed by atoms with Gasteiger partial charge in [-0.2, -0.15) is 0 Å². The summed E-state index contributed by atoms with van der Waals surface area (Å²) in [6.07, 6.45) is -2.81. The van der Waals surface area contributed by atoms with Gasteiger partial charge in [0.2, 0.25) is 12.2 Å². The Bertz CT molecular complexity index is 800. The molecule has 0 unspecified atom stereocenters. The third-order valence-electron chi connectivity index (χ3n) is 7.03. The maximum atomic E-state index is 12.3. The lowest BCUT2D eigenvalue weighted by atomic mass is 9.86. The summed E-state index contributed by atoms with van der Waals surface area (Å²) in [5, 5.41) is 42.6. The van der Waals surface area contributed by atoms with Gasteiger partial charge in [-0.15, -0.1) is 0 Å². The van der Waals surface area contributed by atoms with Gasteiger partial charge in [-0.25, -0.2) is 0 Å². The summed E-state index contributed by atoms with van der Waals surface area (Å²) >= 11 is 0. The first-order chi connectivity index (χ1) is 15.8. The van der Waals surface area contributed by atoms with Crippen LogP contribution in [-0.2, 0) is 14.3 Å². The highest BCUT2D eigenvalue weighted by Gasteiger charge is 2.45. The van der Waals surface area contributed by atoms with Gasteiger partial charge in [0.15, 0.2) is 0 Å². The van der Waals surface area contributed by atoms with Crippen LogP contribution in [-0.4, -0.2) is 75.8 Å². The zero-order valence-corrected chi connectivity index (χ0v) is 19.0. The summed E-state index contributed by atoms with van der Waals surface area (Å²) in [6.45, 7) is 3.28. The van der Waals surface area contributed by atoms with Crippen molar-refractivity contribution < 1.29 is 39.4 Å². The normalized spacial score (nSPS) is 38.7. The standard InChI is InChI=1S/C24H35NO8/c1-12(2)23(30)25-16-10-18(32-17-5-3-4-15(16)17)13-6-8-14(9-7-13)31-24-22(29)21(28)20(27)19(11-26)33-24/h6-9,12,15-22,24,26-29H,3-5,10-11H2,1-2H3,(H,25,30)/t15-,16+,17+,18+,19-,20-,21+,22-,24-/m0/s1. The number of aliphatic hydroxyl groups excluding tert-OH is 4. The van der Waals surface area contributed by atoms with Crippen molar-refractivity contribution in [3.63, 3.8) is 0 Å². The van der Waals surface area contributed by atoms with E-state index in [0.717, 1.165) is 24.8 Å². The van der Waals surface area contributed by atoms with Crippen LogP contribution < -0.4 is 10.1 Å². The molecular weight excluding hydrogens is 430 g/mol. The maximum absolute atomic E-state index is 12.3. The molecule has 9 atom stereocenters. The molecule has 9 heteroatoms. The smallest absolute Gasteiger partial charge is 0.229 e. The first-order valence-electron chi connectivity index (χ1n) is 11.8. The second-order valence-electron chi connectivity index (χ2n) is 9.65. The molecule has 9 nitrogen and oxygen atoms in total. The average Bonchev–Trinajstić information content (AvgIpc) is 3.29. The number of hydrogen-bond donors (Lipinski definition) is 5. The summed E-state index contributed by atoms with van der Waals surface area (Å²) in [7, 11) is 0. The molecule has 0 bridgehead atoms. The molecule has 4 rings (SSSR count). The molecule has 0 radical (unpaired) electrons. The lowest BCUT2D eigenvalue weighted by Gasteiger charge is -2.40. The minimum Gasteiger partial charge on any atom is -0.462 e. The molecular formula is C24H35NO8. The highest BCUT2D eigenvalue weighted by molar-refractivity contribution is 5.78. The van der Waals surface area contributed by atoms with Crippen LogP contribution in [0.5, 0.6) is 5.75 Å².